The molecule has 0 radical (unpaired) electrons. The van der Waals surface area contributed by atoms with Crippen molar-refractivity contribution < 1.29 is 9.22 Å². The van der Waals surface area contributed by atoms with Crippen LogP contribution in [0.25, 0.3) is 0 Å². The lowest BCUT2D eigenvalue weighted by atomic mass is 10.1. The summed E-state index contributed by atoms with van der Waals surface area (Å²) in [4.78, 5) is 13.6. The summed E-state index contributed by atoms with van der Waals surface area (Å²) in [6.45, 7) is 13.3. The molecule has 1 aliphatic rings. The molecule has 22 heavy (non-hydrogen) atoms. The lowest BCUT2D eigenvalue weighted by Gasteiger charge is -2.43. The van der Waals surface area contributed by atoms with Gasteiger partial charge in [0.05, 0.1) is 6.10 Å². The number of rotatable bonds is 4. The summed E-state index contributed by atoms with van der Waals surface area (Å²) < 4.78 is 6.58. The molecule has 0 spiro atoms. The second kappa shape index (κ2) is 6.55. The maximum atomic E-state index is 11.3. The van der Waals surface area contributed by atoms with Crippen LogP contribution in [-0.2, 0) is 4.43 Å². The monoisotopic (exact) mass is 319 g/mol. The van der Waals surface area contributed by atoms with Crippen LogP contribution < -0.4 is 4.90 Å². The van der Waals surface area contributed by atoms with Gasteiger partial charge in [-0.05, 0) is 43.1 Å². The summed E-state index contributed by atoms with van der Waals surface area (Å²) >= 11 is 0. The van der Waals surface area contributed by atoms with E-state index in [1.807, 2.05) is 24.3 Å². The molecule has 4 heteroatoms. The van der Waals surface area contributed by atoms with Gasteiger partial charge in [-0.2, -0.15) is 0 Å². The van der Waals surface area contributed by atoms with E-state index in [0.717, 1.165) is 43.5 Å². The quantitative estimate of drug-likeness (QED) is 0.605. The van der Waals surface area contributed by atoms with Crippen molar-refractivity contribution in [3.8, 4) is 0 Å². The van der Waals surface area contributed by atoms with Gasteiger partial charge >= 0.3 is 0 Å². The average Bonchev–Trinajstić information content (AvgIpc) is 2.46. The van der Waals surface area contributed by atoms with Crippen LogP contribution >= 0.6 is 0 Å². The molecule has 0 saturated carbocycles. The Bertz CT molecular complexity index is 522. The second-order valence-electron chi connectivity index (χ2n) is 7.77. The lowest BCUT2D eigenvalue weighted by Crippen LogP contribution is -2.49. The van der Waals surface area contributed by atoms with Crippen LogP contribution in [0.3, 0.4) is 0 Å². The molecule has 1 aliphatic heterocycles. The van der Waals surface area contributed by atoms with Crippen molar-refractivity contribution in [2.24, 2.45) is 0 Å². The fraction of sp³-hybridized carbons (Fsp3) is 0.611. The molecule has 1 atom stereocenters. The lowest BCUT2D eigenvalue weighted by molar-refractivity contribution is 0.112. The van der Waals surface area contributed by atoms with Crippen LogP contribution in [-0.4, -0.2) is 33.8 Å². The molecule has 1 unspecified atom stereocenters. The molecular formula is C18H29NO2Si. The van der Waals surface area contributed by atoms with Gasteiger partial charge in [-0.25, -0.2) is 0 Å². The second-order valence-corrected chi connectivity index (χ2v) is 12.5. The number of benzene rings is 1. The summed E-state index contributed by atoms with van der Waals surface area (Å²) in [5.74, 6) is 0. The Kier molecular flexibility index (Phi) is 5.13. The van der Waals surface area contributed by atoms with E-state index in [2.05, 4.69) is 38.8 Å². The zero-order valence-corrected chi connectivity index (χ0v) is 15.6. The first-order valence-corrected chi connectivity index (χ1v) is 11.1. The zero-order valence-electron chi connectivity index (χ0n) is 14.6. The number of piperidine rings is 1. The Hall–Kier alpha value is -1.13. The normalized spacial score (nSPS) is 20.0. The SMILES string of the molecule is CC(C)(C)[Si](C)(C)OC1CCCN(c2ccccc2C=O)C1. The van der Waals surface area contributed by atoms with Gasteiger partial charge in [0, 0.05) is 24.3 Å². The van der Waals surface area contributed by atoms with Crippen LogP contribution in [0.2, 0.25) is 18.1 Å². The van der Waals surface area contributed by atoms with E-state index >= 15 is 0 Å². The predicted octanol–water partition coefficient (Wildman–Crippen LogP) is 4.49. The molecule has 3 nitrogen and oxygen atoms in total. The molecule has 0 N–H and O–H groups in total. The summed E-state index contributed by atoms with van der Waals surface area (Å²) in [5.41, 5.74) is 1.82. The van der Waals surface area contributed by atoms with Gasteiger partial charge in [0.25, 0.3) is 0 Å². The smallest absolute Gasteiger partial charge is 0.192 e. The van der Waals surface area contributed by atoms with E-state index in [1.165, 1.54) is 0 Å². The van der Waals surface area contributed by atoms with Crippen molar-refractivity contribution in [2.75, 3.05) is 18.0 Å². The molecule has 2 rings (SSSR count). The molecule has 0 aliphatic carbocycles. The maximum absolute atomic E-state index is 11.3. The fourth-order valence-electron chi connectivity index (χ4n) is 2.72. The molecule has 1 aromatic rings. The van der Waals surface area contributed by atoms with Gasteiger partial charge in [0.15, 0.2) is 14.6 Å². The van der Waals surface area contributed by atoms with E-state index in [9.17, 15) is 4.79 Å². The van der Waals surface area contributed by atoms with Crippen LogP contribution in [0.5, 0.6) is 0 Å². The number of hydrogen-bond acceptors (Lipinski definition) is 3. The van der Waals surface area contributed by atoms with Crippen molar-refractivity contribution in [1.82, 2.24) is 0 Å². The molecule has 1 saturated heterocycles. The minimum atomic E-state index is -1.74. The van der Waals surface area contributed by atoms with Gasteiger partial charge < -0.3 is 9.33 Å². The standard InChI is InChI=1S/C18H29NO2Si/c1-18(2,3)22(4,5)21-16-10-8-12-19(13-16)17-11-7-6-9-15(17)14-20/h6-7,9,11,14,16H,8,10,12-13H2,1-5H3. The van der Waals surface area contributed by atoms with Crippen molar-refractivity contribution in [3.63, 3.8) is 0 Å². The van der Waals surface area contributed by atoms with Gasteiger partial charge in [-0.3, -0.25) is 4.79 Å². The summed E-state index contributed by atoms with van der Waals surface area (Å²) in [6.07, 6.45) is 3.46. The first kappa shape index (κ1) is 17.2. The Morgan fingerprint density at radius 1 is 1.27 bits per heavy atom. The Labute approximate surface area is 135 Å². The third-order valence-electron chi connectivity index (χ3n) is 5.05. The van der Waals surface area contributed by atoms with E-state index in [4.69, 9.17) is 4.43 Å². The Morgan fingerprint density at radius 2 is 1.95 bits per heavy atom. The van der Waals surface area contributed by atoms with Gasteiger partial charge in [0.2, 0.25) is 0 Å². The average molecular weight is 320 g/mol. The van der Waals surface area contributed by atoms with Crippen LogP contribution in [0, 0.1) is 0 Å². The van der Waals surface area contributed by atoms with E-state index < -0.39 is 8.32 Å². The molecule has 122 valence electrons. The molecule has 0 amide bonds. The van der Waals surface area contributed by atoms with Gasteiger partial charge in [-0.15, -0.1) is 0 Å². The molecule has 1 fully saturated rings. The number of carbonyl (C=O) groups excluding carboxylic acids is 1. The predicted molar refractivity (Wildman–Crippen MR) is 95.3 cm³/mol. The summed E-state index contributed by atoms with van der Waals surface area (Å²) in [6, 6.07) is 7.85. The topological polar surface area (TPSA) is 29.5 Å². The summed E-state index contributed by atoms with van der Waals surface area (Å²) in [7, 11) is -1.74. The van der Waals surface area contributed by atoms with Crippen molar-refractivity contribution in [3.05, 3.63) is 29.8 Å². The Morgan fingerprint density at radius 3 is 2.59 bits per heavy atom. The van der Waals surface area contributed by atoms with Crippen molar-refractivity contribution in [1.29, 1.82) is 0 Å². The number of carbonyl (C=O) groups is 1. The van der Waals surface area contributed by atoms with Gasteiger partial charge in [-0.1, -0.05) is 32.9 Å². The third-order valence-corrected chi connectivity index (χ3v) is 9.59. The largest absolute Gasteiger partial charge is 0.412 e. The van der Waals surface area contributed by atoms with Crippen molar-refractivity contribution >= 4 is 20.3 Å². The highest BCUT2D eigenvalue weighted by atomic mass is 28.4. The maximum Gasteiger partial charge on any atom is 0.192 e. The molecule has 1 heterocycles. The zero-order chi connectivity index (χ0) is 16.4. The highest BCUT2D eigenvalue weighted by molar-refractivity contribution is 6.74. The minimum Gasteiger partial charge on any atom is -0.412 e. The highest BCUT2D eigenvalue weighted by Crippen LogP contribution is 2.38. The number of anilines is 1. The van der Waals surface area contributed by atoms with E-state index in [-0.39, 0.29) is 11.1 Å². The highest BCUT2D eigenvalue weighted by Gasteiger charge is 2.40. The van der Waals surface area contributed by atoms with Crippen LogP contribution in [0.15, 0.2) is 24.3 Å². The van der Waals surface area contributed by atoms with E-state index in [0.29, 0.717) is 0 Å². The number of para-hydroxylation sites is 1. The number of hydrogen-bond donors (Lipinski definition) is 0. The molecular weight excluding hydrogens is 290 g/mol. The molecule has 0 bridgehead atoms. The number of aldehydes is 1. The van der Waals surface area contributed by atoms with Crippen LogP contribution in [0.4, 0.5) is 5.69 Å². The first-order chi connectivity index (χ1) is 10.2. The third kappa shape index (κ3) is 3.79. The first-order valence-electron chi connectivity index (χ1n) is 8.21. The Balaban J connectivity index is 2.11. The van der Waals surface area contributed by atoms with E-state index in [1.54, 1.807) is 0 Å². The minimum absolute atomic E-state index is 0.232. The van der Waals surface area contributed by atoms with Gasteiger partial charge in [0.1, 0.15) is 0 Å². The van der Waals surface area contributed by atoms with Crippen LogP contribution in [0.1, 0.15) is 44.0 Å². The fourth-order valence-corrected chi connectivity index (χ4v) is 4.10. The summed E-state index contributed by atoms with van der Waals surface area (Å²) in [5, 5.41) is 0.232. The molecule has 1 aromatic carbocycles. The number of nitrogens with zero attached hydrogens (tertiary/aromatic N) is 1. The molecule has 0 aromatic heterocycles. The van der Waals surface area contributed by atoms with Crippen molar-refractivity contribution in [2.45, 2.75) is 57.8 Å².